The summed E-state index contributed by atoms with van der Waals surface area (Å²) in [5, 5.41) is 13.3. The molecule has 20 heavy (non-hydrogen) atoms. The molecule has 1 aromatic heterocycles. The lowest BCUT2D eigenvalue weighted by Gasteiger charge is -2.33. The first-order chi connectivity index (χ1) is 9.76. The topological polar surface area (TPSA) is 70.5 Å². The molecule has 1 aliphatic heterocycles. The largest absolute Gasteiger partial charge is 0.394 e. The summed E-state index contributed by atoms with van der Waals surface area (Å²) < 4.78 is 5.47. The van der Waals surface area contributed by atoms with Crippen LogP contribution in [0.2, 0.25) is 0 Å². The standard InChI is InChI=1S/C13H22N4O2S/c1-3-4-14-11-7-12(16-13(15-11)20-2)17-5-6-19-10(8-17)9-18/h7,10,18H,3-6,8-9H2,1-2H3,(H,14,15,16). The number of hydrogen-bond donors (Lipinski definition) is 2. The van der Waals surface area contributed by atoms with Crippen LogP contribution in [0, 0.1) is 0 Å². The normalized spacial score (nSPS) is 19.1. The summed E-state index contributed by atoms with van der Waals surface area (Å²) >= 11 is 1.53. The zero-order valence-corrected chi connectivity index (χ0v) is 12.8. The molecule has 1 unspecified atom stereocenters. The van der Waals surface area contributed by atoms with Crippen LogP contribution in [0.4, 0.5) is 11.6 Å². The van der Waals surface area contributed by atoms with Crippen molar-refractivity contribution in [3.63, 3.8) is 0 Å². The molecule has 0 aliphatic carbocycles. The van der Waals surface area contributed by atoms with E-state index in [0.717, 1.165) is 36.3 Å². The van der Waals surface area contributed by atoms with E-state index in [1.165, 1.54) is 11.8 Å². The van der Waals surface area contributed by atoms with Crippen LogP contribution in [-0.4, -0.2) is 60.3 Å². The number of aliphatic hydroxyl groups excluding tert-OH is 1. The quantitative estimate of drug-likeness (QED) is 0.604. The monoisotopic (exact) mass is 298 g/mol. The maximum absolute atomic E-state index is 9.23. The van der Waals surface area contributed by atoms with Crippen LogP contribution in [0.15, 0.2) is 11.2 Å². The van der Waals surface area contributed by atoms with Crippen molar-refractivity contribution >= 4 is 23.4 Å². The Morgan fingerprint density at radius 1 is 1.55 bits per heavy atom. The molecule has 2 rings (SSSR count). The molecule has 0 radical (unpaired) electrons. The van der Waals surface area contributed by atoms with E-state index < -0.39 is 0 Å². The van der Waals surface area contributed by atoms with Crippen molar-refractivity contribution < 1.29 is 9.84 Å². The van der Waals surface area contributed by atoms with Gasteiger partial charge in [0.15, 0.2) is 5.16 Å². The summed E-state index contributed by atoms with van der Waals surface area (Å²) in [5.41, 5.74) is 0. The van der Waals surface area contributed by atoms with Crippen molar-refractivity contribution in [3.05, 3.63) is 6.07 Å². The highest BCUT2D eigenvalue weighted by molar-refractivity contribution is 7.98. The van der Waals surface area contributed by atoms with E-state index in [4.69, 9.17) is 4.74 Å². The molecule has 112 valence electrons. The van der Waals surface area contributed by atoms with Crippen molar-refractivity contribution in [1.29, 1.82) is 0 Å². The number of aliphatic hydroxyl groups is 1. The molecule has 1 fully saturated rings. The van der Waals surface area contributed by atoms with Gasteiger partial charge < -0.3 is 20.1 Å². The number of anilines is 2. The van der Waals surface area contributed by atoms with Crippen LogP contribution in [-0.2, 0) is 4.74 Å². The van der Waals surface area contributed by atoms with E-state index in [-0.39, 0.29) is 12.7 Å². The van der Waals surface area contributed by atoms with Gasteiger partial charge >= 0.3 is 0 Å². The maximum Gasteiger partial charge on any atom is 0.191 e. The van der Waals surface area contributed by atoms with Gasteiger partial charge in [0.2, 0.25) is 0 Å². The van der Waals surface area contributed by atoms with Crippen LogP contribution in [0.3, 0.4) is 0 Å². The second-order valence-corrected chi connectivity index (χ2v) is 5.42. The van der Waals surface area contributed by atoms with Gasteiger partial charge in [-0.3, -0.25) is 0 Å². The van der Waals surface area contributed by atoms with Gasteiger partial charge in [0.25, 0.3) is 0 Å². The van der Waals surface area contributed by atoms with Crippen molar-refractivity contribution in [2.75, 3.05) is 49.3 Å². The molecule has 0 aromatic carbocycles. The van der Waals surface area contributed by atoms with Crippen molar-refractivity contribution in [2.24, 2.45) is 0 Å². The molecule has 0 amide bonds. The number of nitrogens with zero attached hydrogens (tertiary/aromatic N) is 3. The van der Waals surface area contributed by atoms with Crippen LogP contribution < -0.4 is 10.2 Å². The van der Waals surface area contributed by atoms with Gasteiger partial charge in [-0.25, -0.2) is 9.97 Å². The summed E-state index contributed by atoms with van der Waals surface area (Å²) in [4.78, 5) is 11.2. The molecular formula is C13H22N4O2S. The molecule has 6 nitrogen and oxygen atoms in total. The maximum atomic E-state index is 9.23. The van der Waals surface area contributed by atoms with Crippen molar-refractivity contribution in [3.8, 4) is 0 Å². The van der Waals surface area contributed by atoms with Gasteiger partial charge in [0, 0.05) is 25.7 Å². The number of thioether (sulfide) groups is 1. The molecule has 1 aliphatic rings. The molecular weight excluding hydrogens is 276 g/mol. The molecule has 2 N–H and O–H groups in total. The summed E-state index contributed by atoms with van der Waals surface area (Å²) in [6.45, 7) is 5.12. The van der Waals surface area contributed by atoms with E-state index in [0.29, 0.717) is 13.2 Å². The lowest BCUT2D eigenvalue weighted by Crippen LogP contribution is -2.44. The summed E-state index contributed by atoms with van der Waals surface area (Å²) in [6, 6.07) is 1.97. The first-order valence-electron chi connectivity index (χ1n) is 6.91. The zero-order chi connectivity index (χ0) is 14.4. The number of hydrogen-bond acceptors (Lipinski definition) is 7. The second kappa shape index (κ2) is 7.66. The smallest absolute Gasteiger partial charge is 0.191 e. The minimum absolute atomic E-state index is 0.0396. The predicted molar refractivity (Wildman–Crippen MR) is 81.6 cm³/mol. The van der Waals surface area contributed by atoms with Gasteiger partial charge in [0.05, 0.1) is 19.3 Å². The average molecular weight is 298 g/mol. The van der Waals surface area contributed by atoms with Gasteiger partial charge in [-0.05, 0) is 12.7 Å². The van der Waals surface area contributed by atoms with Crippen LogP contribution in [0.25, 0.3) is 0 Å². The van der Waals surface area contributed by atoms with Gasteiger partial charge in [0.1, 0.15) is 11.6 Å². The Kier molecular flexibility index (Phi) is 5.87. The Morgan fingerprint density at radius 3 is 3.10 bits per heavy atom. The minimum atomic E-state index is -0.136. The Hall–Kier alpha value is -1.05. The fraction of sp³-hybridized carbons (Fsp3) is 0.692. The molecule has 1 saturated heterocycles. The van der Waals surface area contributed by atoms with E-state index in [9.17, 15) is 5.11 Å². The predicted octanol–water partition coefficient (Wildman–Crippen LogP) is 1.22. The van der Waals surface area contributed by atoms with Gasteiger partial charge in [-0.15, -0.1) is 0 Å². The third-order valence-corrected chi connectivity index (χ3v) is 3.64. The molecule has 1 aromatic rings. The van der Waals surface area contributed by atoms with E-state index in [2.05, 4.69) is 27.1 Å². The lowest BCUT2D eigenvalue weighted by molar-refractivity contribution is 0.00333. The van der Waals surface area contributed by atoms with Crippen LogP contribution in [0.5, 0.6) is 0 Å². The SMILES string of the molecule is CCCNc1cc(N2CCOC(CO)C2)nc(SC)n1. The Balaban J connectivity index is 2.16. The molecule has 1 atom stereocenters. The highest BCUT2D eigenvalue weighted by atomic mass is 32.2. The molecule has 7 heteroatoms. The highest BCUT2D eigenvalue weighted by Crippen LogP contribution is 2.22. The Labute approximate surface area is 123 Å². The second-order valence-electron chi connectivity index (χ2n) is 4.65. The van der Waals surface area contributed by atoms with E-state index in [1.807, 2.05) is 12.3 Å². The molecule has 2 heterocycles. The molecule has 0 bridgehead atoms. The number of nitrogens with one attached hydrogen (secondary N) is 1. The van der Waals surface area contributed by atoms with Crippen molar-refractivity contribution in [2.45, 2.75) is 24.6 Å². The molecule has 0 spiro atoms. The first-order valence-corrected chi connectivity index (χ1v) is 8.13. The molecule has 0 saturated carbocycles. The number of aromatic nitrogens is 2. The average Bonchev–Trinajstić information content (AvgIpc) is 2.52. The Bertz CT molecular complexity index is 433. The number of morpholine rings is 1. The van der Waals surface area contributed by atoms with Crippen LogP contribution >= 0.6 is 11.8 Å². The zero-order valence-electron chi connectivity index (χ0n) is 12.0. The third-order valence-electron chi connectivity index (χ3n) is 3.10. The summed E-state index contributed by atoms with van der Waals surface area (Å²) in [7, 11) is 0. The van der Waals surface area contributed by atoms with Gasteiger partial charge in [-0.1, -0.05) is 18.7 Å². The fourth-order valence-electron chi connectivity index (χ4n) is 2.05. The van der Waals surface area contributed by atoms with Gasteiger partial charge in [-0.2, -0.15) is 0 Å². The van der Waals surface area contributed by atoms with Crippen LogP contribution in [0.1, 0.15) is 13.3 Å². The summed E-state index contributed by atoms with van der Waals surface area (Å²) in [5.74, 6) is 1.75. The Morgan fingerprint density at radius 2 is 2.40 bits per heavy atom. The number of rotatable bonds is 6. The summed E-state index contributed by atoms with van der Waals surface area (Å²) in [6.07, 6.45) is 2.89. The minimum Gasteiger partial charge on any atom is -0.394 e. The van der Waals surface area contributed by atoms with E-state index >= 15 is 0 Å². The first kappa shape index (κ1) is 15.3. The lowest BCUT2D eigenvalue weighted by atomic mass is 10.3. The highest BCUT2D eigenvalue weighted by Gasteiger charge is 2.21. The fourth-order valence-corrected chi connectivity index (χ4v) is 2.42. The van der Waals surface area contributed by atoms with Crippen molar-refractivity contribution in [1.82, 2.24) is 9.97 Å². The number of ether oxygens (including phenoxy) is 1. The third kappa shape index (κ3) is 3.97. The van der Waals surface area contributed by atoms with E-state index in [1.54, 1.807) is 0 Å².